The summed E-state index contributed by atoms with van der Waals surface area (Å²) < 4.78 is 5.49. The van der Waals surface area contributed by atoms with E-state index < -0.39 is 0 Å². The number of nitrogens with zero attached hydrogens (tertiary/aromatic N) is 4. The molecule has 6 nitrogen and oxygen atoms in total. The van der Waals surface area contributed by atoms with E-state index in [1.807, 2.05) is 17.0 Å². The molecule has 1 aromatic carbocycles. The van der Waals surface area contributed by atoms with Crippen LogP contribution in [0.3, 0.4) is 0 Å². The Labute approximate surface area is 158 Å². The highest BCUT2D eigenvalue weighted by atomic mass is 16.5. The van der Waals surface area contributed by atoms with E-state index in [1.165, 1.54) is 5.56 Å². The number of rotatable bonds is 5. The Morgan fingerprint density at radius 2 is 1.89 bits per heavy atom. The highest BCUT2D eigenvalue weighted by Crippen LogP contribution is 2.34. The minimum absolute atomic E-state index is 0.122. The molecule has 0 aliphatic carbocycles. The second kappa shape index (κ2) is 7.31. The number of likely N-dealkylation sites (tertiary alicyclic amines) is 1. The summed E-state index contributed by atoms with van der Waals surface area (Å²) >= 11 is 0. The lowest BCUT2D eigenvalue weighted by atomic mass is 10.0. The Balaban J connectivity index is 1.54. The van der Waals surface area contributed by atoms with Crippen molar-refractivity contribution in [2.75, 3.05) is 0 Å². The molecule has 0 radical (unpaired) electrons. The average molecular weight is 362 g/mol. The first-order valence-electron chi connectivity index (χ1n) is 9.24. The van der Waals surface area contributed by atoms with Gasteiger partial charge in [0.15, 0.2) is 0 Å². The molecule has 1 atom stereocenters. The van der Waals surface area contributed by atoms with Gasteiger partial charge in [-0.1, -0.05) is 43.3 Å². The predicted octanol–water partition coefficient (Wildman–Crippen LogP) is 4.12. The summed E-state index contributed by atoms with van der Waals surface area (Å²) in [7, 11) is 0. The summed E-state index contributed by atoms with van der Waals surface area (Å²) in [6.45, 7) is 4.89. The van der Waals surface area contributed by atoms with Gasteiger partial charge >= 0.3 is 0 Å². The molecule has 27 heavy (non-hydrogen) atoms. The Morgan fingerprint density at radius 1 is 1.15 bits per heavy atom. The van der Waals surface area contributed by atoms with Crippen molar-refractivity contribution < 1.29 is 9.32 Å². The van der Waals surface area contributed by atoms with E-state index in [2.05, 4.69) is 53.2 Å². The Hall–Kier alpha value is -3.02. The molecule has 0 spiro atoms. The lowest BCUT2D eigenvalue weighted by molar-refractivity contribution is -0.129. The van der Waals surface area contributed by atoms with Crippen LogP contribution in [0.4, 0.5) is 0 Å². The zero-order valence-corrected chi connectivity index (χ0v) is 15.5. The zero-order valence-electron chi connectivity index (χ0n) is 15.5. The van der Waals surface area contributed by atoms with Crippen LogP contribution in [0.15, 0.2) is 53.3 Å². The number of hydrogen-bond acceptors (Lipinski definition) is 5. The maximum absolute atomic E-state index is 12.4. The summed E-state index contributed by atoms with van der Waals surface area (Å²) in [4.78, 5) is 22.8. The molecule has 3 aromatic rings. The molecular formula is C21H22N4O2. The third kappa shape index (κ3) is 3.60. The van der Waals surface area contributed by atoms with Gasteiger partial charge in [-0.3, -0.25) is 9.78 Å². The summed E-state index contributed by atoms with van der Waals surface area (Å²) in [5.74, 6) is 1.63. The molecule has 4 rings (SSSR count). The van der Waals surface area contributed by atoms with Gasteiger partial charge in [0.05, 0.1) is 0 Å². The van der Waals surface area contributed by atoms with Gasteiger partial charge in [-0.2, -0.15) is 4.98 Å². The fourth-order valence-corrected chi connectivity index (χ4v) is 3.38. The molecule has 1 fully saturated rings. The Bertz CT molecular complexity index is 919. The van der Waals surface area contributed by atoms with Crippen LogP contribution in [-0.2, 0) is 11.3 Å². The van der Waals surface area contributed by atoms with Crippen LogP contribution in [0.5, 0.6) is 0 Å². The average Bonchev–Trinajstić information content (AvgIpc) is 3.31. The highest BCUT2D eigenvalue weighted by molar-refractivity contribution is 5.78. The van der Waals surface area contributed by atoms with Gasteiger partial charge in [-0.05, 0) is 35.6 Å². The van der Waals surface area contributed by atoms with E-state index in [0.717, 1.165) is 11.1 Å². The van der Waals surface area contributed by atoms with E-state index in [0.29, 0.717) is 37.0 Å². The van der Waals surface area contributed by atoms with E-state index in [-0.39, 0.29) is 11.9 Å². The van der Waals surface area contributed by atoms with Crippen LogP contribution in [0, 0.1) is 0 Å². The maximum atomic E-state index is 12.4. The van der Waals surface area contributed by atoms with E-state index in [9.17, 15) is 4.79 Å². The monoisotopic (exact) mass is 362 g/mol. The van der Waals surface area contributed by atoms with Crippen molar-refractivity contribution in [1.29, 1.82) is 0 Å². The summed E-state index contributed by atoms with van der Waals surface area (Å²) in [6.07, 6.45) is 4.58. The first-order valence-corrected chi connectivity index (χ1v) is 9.24. The number of hydrogen-bond donors (Lipinski definition) is 0. The largest absolute Gasteiger partial charge is 0.337 e. The molecule has 1 unspecified atom stereocenters. The fraction of sp³-hybridized carbons (Fsp3) is 0.333. The molecule has 0 saturated carbocycles. The third-order valence-corrected chi connectivity index (χ3v) is 4.99. The molecule has 3 heterocycles. The van der Waals surface area contributed by atoms with Crippen LogP contribution in [0.25, 0.3) is 11.4 Å². The van der Waals surface area contributed by atoms with E-state index in [4.69, 9.17) is 4.52 Å². The standard InChI is InChI=1S/C21H22N4O2/c1-14(2)16-5-3-15(4-6-16)13-25-18(7-8-19(25)26)21-23-20(24-27-21)17-9-11-22-12-10-17/h3-6,9-12,14,18H,7-8,13H2,1-2H3. The lowest BCUT2D eigenvalue weighted by Crippen LogP contribution is -2.27. The van der Waals surface area contributed by atoms with Crippen molar-refractivity contribution in [2.45, 2.75) is 45.2 Å². The van der Waals surface area contributed by atoms with Gasteiger partial charge in [0, 0.05) is 30.9 Å². The molecule has 1 aliphatic rings. The van der Waals surface area contributed by atoms with Crippen LogP contribution in [-0.4, -0.2) is 25.9 Å². The number of aromatic nitrogens is 3. The van der Waals surface area contributed by atoms with Crippen LogP contribution in [0.2, 0.25) is 0 Å². The number of pyridine rings is 1. The second-order valence-electron chi connectivity index (χ2n) is 7.16. The maximum Gasteiger partial charge on any atom is 0.249 e. The normalized spacial score (nSPS) is 17.1. The smallest absolute Gasteiger partial charge is 0.249 e. The zero-order chi connectivity index (χ0) is 18.8. The summed E-state index contributed by atoms with van der Waals surface area (Å²) in [5, 5.41) is 4.08. The first-order chi connectivity index (χ1) is 13.1. The van der Waals surface area contributed by atoms with Gasteiger partial charge in [0.25, 0.3) is 0 Å². The van der Waals surface area contributed by atoms with Gasteiger partial charge in [0.2, 0.25) is 17.6 Å². The SMILES string of the molecule is CC(C)c1ccc(CN2C(=O)CCC2c2nc(-c3ccncc3)no2)cc1. The van der Waals surface area contributed by atoms with Crippen LogP contribution < -0.4 is 0 Å². The van der Waals surface area contributed by atoms with Crippen LogP contribution >= 0.6 is 0 Å². The topological polar surface area (TPSA) is 72.1 Å². The minimum Gasteiger partial charge on any atom is -0.337 e. The quantitative estimate of drug-likeness (QED) is 0.683. The van der Waals surface area contributed by atoms with Crippen molar-refractivity contribution in [1.82, 2.24) is 20.0 Å². The second-order valence-corrected chi connectivity index (χ2v) is 7.16. The van der Waals surface area contributed by atoms with Crippen LogP contribution in [0.1, 0.15) is 55.7 Å². The number of carbonyl (C=O) groups excluding carboxylic acids is 1. The summed E-state index contributed by atoms with van der Waals surface area (Å²) in [6, 6.07) is 11.9. The number of amides is 1. The fourth-order valence-electron chi connectivity index (χ4n) is 3.38. The van der Waals surface area contributed by atoms with E-state index >= 15 is 0 Å². The number of carbonyl (C=O) groups is 1. The van der Waals surface area contributed by atoms with Crippen molar-refractivity contribution in [3.05, 3.63) is 65.8 Å². The third-order valence-electron chi connectivity index (χ3n) is 4.99. The molecule has 1 aliphatic heterocycles. The molecule has 0 bridgehead atoms. The Kier molecular flexibility index (Phi) is 4.71. The molecule has 1 amide bonds. The Morgan fingerprint density at radius 3 is 2.59 bits per heavy atom. The van der Waals surface area contributed by atoms with Crippen molar-refractivity contribution >= 4 is 5.91 Å². The van der Waals surface area contributed by atoms with Gasteiger partial charge in [-0.15, -0.1) is 0 Å². The molecule has 138 valence electrons. The highest BCUT2D eigenvalue weighted by Gasteiger charge is 2.36. The van der Waals surface area contributed by atoms with Crippen molar-refractivity contribution in [3.8, 4) is 11.4 Å². The van der Waals surface area contributed by atoms with E-state index in [1.54, 1.807) is 12.4 Å². The molecule has 1 saturated heterocycles. The summed E-state index contributed by atoms with van der Waals surface area (Å²) in [5.41, 5.74) is 3.25. The predicted molar refractivity (Wildman–Crippen MR) is 101 cm³/mol. The molecule has 0 N–H and O–H groups in total. The van der Waals surface area contributed by atoms with Crippen molar-refractivity contribution in [3.63, 3.8) is 0 Å². The number of benzene rings is 1. The van der Waals surface area contributed by atoms with Gasteiger partial charge in [0.1, 0.15) is 6.04 Å². The first kappa shape index (κ1) is 17.4. The van der Waals surface area contributed by atoms with Crippen molar-refractivity contribution in [2.24, 2.45) is 0 Å². The molecule has 2 aromatic heterocycles. The minimum atomic E-state index is -0.176. The molecule has 6 heteroatoms. The molecular weight excluding hydrogens is 340 g/mol. The van der Waals surface area contributed by atoms with Gasteiger partial charge in [-0.25, -0.2) is 0 Å². The lowest BCUT2D eigenvalue weighted by Gasteiger charge is -2.22. The van der Waals surface area contributed by atoms with Gasteiger partial charge < -0.3 is 9.42 Å².